The zero-order valence-electron chi connectivity index (χ0n) is 15.0. The number of thiazole rings is 1. The minimum absolute atomic E-state index is 0.00129. The standard InChI is InChI=1S/C20H20N2O2S3/c1-22(20-21-16-5-2-3-6-17(16)27-20)18(23)13-24-15-9-7-14(8-10-15)19-25-11-4-12-26-19/h2-3,5-10,19H,4,11-13H2,1H3. The van der Waals surface area contributed by atoms with Crippen molar-refractivity contribution in [2.75, 3.05) is 30.1 Å². The Bertz CT molecular complexity index is 887. The summed E-state index contributed by atoms with van der Waals surface area (Å²) in [6.07, 6.45) is 1.29. The maximum atomic E-state index is 12.5. The topological polar surface area (TPSA) is 42.4 Å². The molecule has 140 valence electrons. The molecule has 2 aromatic carbocycles. The van der Waals surface area contributed by atoms with Crippen molar-refractivity contribution < 1.29 is 9.53 Å². The predicted molar refractivity (Wildman–Crippen MR) is 117 cm³/mol. The molecule has 4 nitrogen and oxygen atoms in total. The number of carbonyl (C=O) groups is 1. The van der Waals surface area contributed by atoms with Gasteiger partial charge in [-0.2, -0.15) is 0 Å². The molecule has 1 saturated heterocycles. The van der Waals surface area contributed by atoms with E-state index in [9.17, 15) is 4.79 Å². The van der Waals surface area contributed by atoms with Gasteiger partial charge < -0.3 is 4.74 Å². The Balaban J connectivity index is 1.35. The van der Waals surface area contributed by atoms with E-state index in [2.05, 4.69) is 17.1 Å². The molecular formula is C20H20N2O2S3. The van der Waals surface area contributed by atoms with Gasteiger partial charge in [-0.1, -0.05) is 35.6 Å². The highest BCUT2D eigenvalue weighted by Gasteiger charge is 2.18. The minimum atomic E-state index is -0.114. The quantitative estimate of drug-likeness (QED) is 0.571. The van der Waals surface area contributed by atoms with Crippen molar-refractivity contribution in [1.29, 1.82) is 0 Å². The molecule has 0 N–H and O–H groups in total. The van der Waals surface area contributed by atoms with Crippen LogP contribution in [0.4, 0.5) is 5.13 Å². The summed E-state index contributed by atoms with van der Waals surface area (Å²) in [6.45, 7) is -0.00129. The van der Waals surface area contributed by atoms with E-state index in [1.54, 1.807) is 11.9 Å². The fourth-order valence-electron chi connectivity index (χ4n) is 2.75. The van der Waals surface area contributed by atoms with Gasteiger partial charge in [-0.3, -0.25) is 9.69 Å². The van der Waals surface area contributed by atoms with Crippen molar-refractivity contribution >= 4 is 56.1 Å². The van der Waals surface area contributed by atoms with Crippen LogP contribution < -0.4 is 9.64 Å². The molecule has 0 spiro atoms. The van der Waals surface area contributed by atoms with Crippen LogP contribution >= 0.6 is 34.9 Å². The molecule has 0 unspecified atom stereocenters. The fourth-order valence-corrected chi connectivity index (χ4v) is 6.59. The average Bonchev–Trinajstić information content (AvgIpc) is 3.17. The SMILES string of the molecule is CN(C(=O)COc1ccc(C2SCCCS2)cc1)c1nc2ccccc2s1. The first-order valence-electron chi connectivity index (χ1n) is 8.79. The van der Waals surface area contributed by atoms with Crippen LogP contribution in [-0.4, -0.2) is 36.1 Å². The Kier molecular flexibility index (Phi) is 5.90. The minimum Gasteiger partial charge on any atom is -0.484 e. The lowest BCUT2D eigenvalue weighted by atomic mass is 10.2. The van der Waals surface area contributed by atoms with E-state index >= 15 is 0 Å². The van der Waals surface area contributed by atoms with Crippen LogP contribution in [0.15, 0.2) is 48.5 Å². The summed E-state index contributed by atoms with van der Waals surface area (Å²) in [5, 5.41) is 0.687. The third kappa shape index (κ3) is 4.42. The van der Waals surface area contributed by atoms with Crippen LogP contribution in [0.3, 0.4) is 0 Å². The van der Waals surface area contributed by atoms with Crippen LogP contribution in [0, 0.1) is 0 Å². The molecule has 1 aromatic heterocycles. The molecule has 1 amide bonds. The number of thioether (sulfide) groups is 2. The van der Waals surface area contributed by atoms with Crippen LogP contribution in [-0.2, 0) is 4.79 Å². The third-order valence-electron chi connectivity index (χ3n) is 4.29. The number of rotatable bonds is 5. The van der Waals surface area contributed by atoms with Gasteiger partial charge in [0.1, 0.15) is 5.75 Å². The van der Waals surface area contributed by atoms with Crippen molar-refractivity contribution in [3.8, 4) is 5.75 Å². The monoisotopic (exact) mass is 416 g/mol. The number of anilines is 1. The Morgan fingerprint density at radius 2 is 1.89 bits per heavy atom. The maximum Gasteiger partial charge on any atom is 0.266 e. The smallest absolute Gasteiger partial charge is 0.266 e. The van der Waals surface area contributed by atoms with Gasteiger partial charge in [0.2, 0.25) is 0 Å². The average molecular weight is 417 g/mol. The molecular weight excluding hydrogens is 396 g/mol. The summed E-state index contributed by atoms with van der Waals surface area (Å²) in [5.74, 6) is 3.05. The summed E-state index contributed by atoms with van der Waals surface area (Å²) in [6, 6.07) is 16.0. The van der Waals surface area contributed by atoms with Gasteiger partial charge in [-0.25, -0.2) is 4.98 Å². The Labute approximate surface area is 171 Å². The fraction of sp³-hybridized carbons (Fsp3) is 0.300. The van der Waals surface area contributed by atoms with E-state index < -0.39 is 0 Å². The van der Waals surface area contributed by atoms with Crippen LogP contribution in [0.1, 0.15) is 16.6 Å². The number of hydrogen-bond acceptors (Lipinski definition) is 6. The Morgan fingerprint density at radius 3 is 2.63 bits per heavy atom. The first-order chi connectivity index (χ1) is 13.2. The molecule has 4 rings (SSSR count). The zero-order chi connectivity index (χ0) is 18.6. The van der Waals surface area contributed by atoms with E-state index in [-0.39, 0.29) is 12.5 Å². The number of benzene rings is 2. The van der Waals surface area contributed by atoms with Crippen molar-refractivity contribution in [3.63, 3.8) is 0 Å². The van der Waals surface area contributed by atoms with E-state index in [0.29, 0.717) is 9.71 Å². The van der Waals surface area contributed by atoms with Gasteiger partial charge in [0, 0.05) is 7.05 Å². The zero-order valence-corrected chi connectivity index (χ0v) is 17.4. The predicted octanol–water partition coefficient (Wildman–Crippen LogP) is 5.21. The second-order valence-electron chi connectivity index (χ2n) is 6.20. The lowest BCUT2D eigenvalue weighted by Crippen LogP contribution is -2.31. The van der Waals surface area contributed by atoms with E-state index in [4.69, 9.17) is 4.74 Å². The molecule has 7 heteroatoms. The largest absolute Gasteiger partial charge is 0.484 e. The molecule has 27 heavy (non-hydrogen) atoms. The highest BCUT2D eigenvalue weighted by atomic mass is 32.2. The normalized spacial score (nSPS) is 15.0. The number of nitrogens with zero attached hydrogens (tertiary/aromatic N) is 2. The molecule has 1 aliphatic heterocycles. The molecule has 0 saturated carbocycles. The summed E-state index contributed by atoms with van der Waals surface area (Å²) < 4.78 is 7.28. The number of aromatic nitrogens is 1. The van der Waals surface area contributed by atoms with Gasteiger partial charge in [0.25, 0.3) is 5.91 Å². The summed E-state index contributed by atoms with van der Waals surface area (Å²) in [7, 11) is 1.74. The highest BCUT2D eigenvalue weighted by molar-refractivity contribution is 8.16. The van der Waals surface area contributed by atoms with E-state index in [1.807, 2.05) is 59.9 Å². The molecule has 0 bridgehead atoms. The molecule has 0 aliphatic carbocycles. The van der Waals surface area contributed by atoms with Crippen LogP contribution in [0.2, 0.25) is 0 Å². The number of amides is 1. The molecule has 0 radical (unpaired) electrons. The second kappa shape index (κ2) is 8.54. The summed E-state index contributed by atoms with van der Waals surface area (Å²) in [5.41, 5.74) is 2.22. The van der Waals surface area contributed by atoms with Crippen molar-refractivity contribution in [2.24, 2.45) is 0 Å². The van der Waals surface area contributed by atoms with Gasteiger partial charge in [0.15, 0.2) is 11.7 Å². The van der Waals surface area contributed by atoms with Crippen molar-refractivity contribution in [3.05, 3.63) is 54.1 Å². The lowest BCUT2D eigenvalue weighted by Gasteiger charge is -2.21. The number of para-hydroxylation sites is 1. The van der Waals surface area contributed by atoms with Crippen LogP contribution in [0.5, 0.6) is 5.75 Å². The van der Waals surface area contributed by atoms with Gasteiger partial charge in [-0.15, -0.1) is 23.5 Å². The molecule has 1 aliphatic rings. The molecule has 0 atom stereocenters. The van der Waals surface area contributed by atoms with E-state index in [1.165, 1.54) is 34.8 Å². The first kappa shape index (κ1) is 18.7. The summed E-state index contributed by atoms with van der Waals surface area (Å²) >= 11 is 5.51. The summed E-state index contributed by atoms with van der Waals surface area (Å²) in [4.78, 5) is 18.5. The van der Waals surface area contributed by atoms with Gasteiger partial charge >= 0.3 is 0 Å². The number of hydrogen-bond donors (Lipinski definition) is 0. The number of likely N-dealkylation sites (N-methyl/N-ethyl adjacent to an activating group) is 1. The lowest BCUT2D eigenvalue weighted by molar-refractivity contribution is -0.120. The Hall–Kier alpha value is -1.70. The molecule has 3 aromatic rings. The van der Waals surface area contributed by atoms with Crippen molar-refractivity contribution in [2.45, 2.75) is 11.0 Å². The second-order valence-corrected chi connectivity index (χ2v) is 9.94. The van der Waals surface area contributed by atoms with Crippen molar-refractivity contribution in [1.82, 2.24) is 4.98 Å². The first-order valence-corrected chi connectivity index (χ1v) is 11.7. The van der Waals surface area contributed by atoms with Gasteiger partial charge in [0.05, 0.1) is 14.8 Å². The molecule has 1 fully saturated rings. The van der Waals surface area contributed by atoms with Crippen LogP contribution in [0.25, 0.3) is 10.2 Å². The number of ether oxygens (including phenoxy) is 1. The maximum absolute atomic E-state index is 12.5. The third-order valence-corrected chi connectivity index (χ3v) is 8.41. The Morgan fingerprint density at radius 1 is 1.15 bits per heavy atom. The number of fused-ring (bicyclic) bond motifs is 1. The molecule has 2 heterocycles. The van der Waals surface area contributed by atoms with Gasteiger partial charge in [-0.05, 0) is 47.8 Å². The highest BCUT2D eigenvalue weighted by Crippen LogP contribution is 2.43. The van der Waals surface area contributed by atoms with E-state index in [0.717, 1.165) is 16.0 Å². The number of carbonyl (C=O) groups excluding carboxylic acids is 1.